The first-order valence-electron chi connectivity index (χ1n) is 7.54. The molecular weight excluding hydrogens is 277 g/mol. The highest BCUT2D eigenvalue weighted by Crippen LogP contribution is 2.28. The summed E-state index contributed by atoms with van der Waals surface area (Å²) in [4.78, 5) is 0. The van der Waals surface area contributed by atoms with Crippen molar-refractivity contribution in [3.05, 3.63) is 65.6 Å². The Labute approximate surface area is 130 Å². The van der Waals surface area contributed by atoms with Crippen LogP contribution >= 0.6 is 0 Å². The van der Waals surface area contributed by atoms with Gasteiger partial charge in [0.25, 0.3) is 0 Å². The molecule has 0 N–H and O–H groups in total. The fourth-order valence-electron chi connectivity index (χ4n) is 2.74. The van der Waals surface area contributed by atoms with Crippen LogP contribution in [0.3, 0.4) is 0 Å². The molecule has 0 saturated heterocycles. The van der Waals surface area contributed by atoms with Crippen molar-refractivity contribution in [2.45, 2.75) is 33.4 Å². The number of halogens is 1. The minimum Gasteiger partial charge on any atom is -0.489 e. The lowest BCUT2D eigenvalue weighted by Crippen LogP contribution is -2.00. The Balaban J connectivity index is 1.98. The van der Waals surface area contributed by atoms with Gasteiger partial charge in [0.2, 0.25) is 0 Å². The number of aromatic nitrogens is 1. The quantitative estimate of drug-likeness (QED) is 0.641. The summed E-state index contributed by atoms with van der Waals surface area (Å²) in [7, 11) is 0. The van der Waals surface area contributed by atoms with Crippen LogP contribution in [0.25, 0.3) is 10.9 Å². The van der Waals surface area contributed by atoms with Gasteiger partial charge in [-0.3, -0.25) is 0 Å². The minimum absolute atomic E-state index is 0.187. The Morgan fingerprint density at radius 3 is 2.59 bits per heavy atom. The summed E-state index contributed by atoms with van der Waals surface area (Å²) >= 11 is 0. The molecule has 3 heteroatoms. The second kappa shape index (κ2) is 5.84. The number of rotatable bonds is 4. The minimum atomic E-state index is -0.187. The SMILES string of the molecule is Cc1ccccc1OCc1cn(C(C)C)c2c(F)cccc12. The second-order valence-electron chi connectivity index (χ2n) is 5.85. The number of para-hydroxylation sites is 2. The van der Waals surface area contributed by atoms with E-state index in [4.69, 9.17) is 4.74 Å². The van der Waals surface area contributed by atoms with E-state index in [0.29, 0.717) is 12.1 Å². The largest absolute Gasteiger partial charge is 0.489 e. The van der Waals surface area contributed by atoms with Gasteiger partial charge in [-0.2, -0.15) is 0 Å². The van der Waals surface area contributed by atoms with E-state index in [9.17, 15) is 4.39 Å². The highest BCUT2D eigenvalue weighted by molar-refractivity contribution is 5.84. The molecule has 0 aliphatic rings. The van der Waals surface area contributed by atoms with Gasteiger partial charge in [0, 0.05) is 23.2 Å². The van der Waals surface area contributed by atoms with Crippen molar-refractivity contribution in [2.75, 3.05) is 0 Å². The summed E-state index contributed by atoms with van der Waals surface area (Å²) in [6.45, 7) is 6.56. The molecule has 3 rings (SSSR count). The monoisotopic (exact) mass is 297 g/mol. The molecule has 2 aromatic carbocycles. The third kappa shape index (κ3) is 2.59. The van der Waals surface area contributed by atoms with Gasteiger partial charge in [-0.05, 0) is 38.5 Å². The van der Waals surface area contributed by atoms with Crippen LogP contribution in [0.4, 0.5) is 4.39 Å². The molecule has 0 fully saturated rings. The van der Waals surface area contributed by atoms with Crippen molar-refractivity contribution in [2.24, 2.45) is 0 Å². The zero-order valence-corrected chi connectivity index (χ0v) is 13.1. The van der Waals surface area contributed by atoms with Crippen LogP contribution in [0.5, 0.6) is 5.75 Å². The predicted molar refractivity (Wildman–Crippen MR) is 87.8 cm³/mol. The molecule has 1 heterocycles. The number of fused-ring (bicyclic) bond motifs is 1. The first-order chi connectivity index (χ1) is 10.6. The highest BCUT2D eigenvalue weighted by atomic mass is 19.1. The molecule has 0 aliphatic heterocycles. The molecule has 114 valence electrons. The maximum Gasteiger partial charge on any atom is 0.147 e. The molecule has 0 amide bonds. The van der Waals surface area contributed by atoms with Crippen molar-refractivity contribution < 1.29 is 9.13 Å². The van der Waals surface area contributed by atoms with E-state index in [1.807, 2.05) is 48.0 Å². The highest BCUT2D eigenvalue weighted by Gasteiger charge is 2.14. The first kappa shape index (κ1) is 14.6. The summed E-state index contributed by atoms with van der Waals surface area (Å²) in [6, 6.07) is 13.3. The molecule has 1 aromatic heterocycles. The maximum atomic E-state index is 14.2. The Morgan fingerprint density at radius 1 is 1.09 bits per heavy atom. The third-order valence-electron chi connectivity index (χ3n) is 3.92. The number of hydrogen-bond acceptors (Lipinski definition) is 1. The van der Waals surface area contributed by atoms with Gasteiger partial charge in [0.1, 0.15) is 18.2 Å². The zero-order chi connectivity index (χ0) is 15.7. The molecule has 0 unspecified atom stereocenters. The fourth-order valence-corrected chi connectivity index (χ4v) is 2.74. The van der Waals surface area contributed by atoms with Crippen LogP contribution in [0.2, 0.25) is 0 Å². The first-order valence-corrected chi connectivity index (χ1v) is 7.54. The number of benzene rings is 2. The Hall–Kier alpha value is -2.29. The lowest BCUT2D eigenvalue weighted by atomic mass is 10.2. The summed E-state index contributed by atoms with van der Waals surface area (Å²) in [5.41, 5.74) is 2.76. The predicted octanol–water partition coefficient (Wildman–Crippen LogP) is 5.25. The van der Waals surface area contributed by atoms with Crippen LogP contribution in [-0.2, 0) is 6.61 Å². The number of nitrogens with zero attached hydrogens (tertiary/aromatic N) is 1. The van der Waals surface area contributed by atoms with Crippen molar-refractivity contribution in [3.8, 4) is 5.75 Å². The van der Waals surface area contributed by atoms with E-state index < -0.39 is 0 Å². The Bertz CT molecular complexity index is 804. The van der Waals surface area contributed by atoms with Crippen LogP contribution in [0.1, 0.15) is 31.0 Å². The molecule has 3 aromatic rings. The van der Waals surface area contributed by atoms with Crippen LogP contribution in [0, 0.1) is 12.7 Å². The topological polar surface area (TPSA) is 14.2 Å². The van der Waals surface area contributed by atoms with E-state index in [1.165, 1.54) is 6.07 Å². The average Bonchev–Trinajstić information content (AvgIpc) is 2.87. The molecule has 0 aliphatic carbocycles. The summed E-state index contributed by atoms with van der Waals surface area (Å²) in [5.74, 6) is 0.678. The molecule has 0 bridgehead atoms. The molecule has 0 spiro atoms. The lowest BCUT2D eigenvalue weighted by Gasteiger charge is -2.09. The van der Waals surface area contributed by atoms with Crippen molar-refractivity contribution >= 4 is 10.9 Å². The lowest BCUT2D eigenvalue weighted by molar-refractivity contribution is 0.305. The normalized spacial score (nSPS) is 11.3. The van der Waals surface area contributed by atoms with E-state index in [1.54, 1.807) is 6.07 Å². The fraction of sp³-hybridized carbons (Fsp3) is 0.263. The maximum absolute atomic E-state index is 14.2. The van der Waals surface area contributed by atoms with Gasteiger partial charge < -0.3 is 9.30 Å². The number of ether oxygens (including phenoxy) is 1. The van der Waals surface area contributed by atoms with Crippen molar-refractivity contribution in [1.82, 2.24) is 4.57 Å². The van der Waals surface area contributed by atoms with Gasteiger partial charge in [-0.15, -0.1) is 0 Å². The third-order valence-corrected chi connectivity index (χ3v) is 3.92. The van der Waals surface area contributed by atoms with Crippen LogP contribution in [-0.4, -0.2) is 4.57 Å². The standard InChI is InChI=1S/C19H20FNO/c1-13(2)21-11-15(16-8-6-9-17(20)19(16)21)12-22-18-10-5-4-7-14(18)3/h4-11,13H,12H2,1-3H3. The van der Waals surface area contributed by atoms with Crippen LogP contribution < -0.4 is 4.74 Å². The molecule has 22 heavy (non-hydrogen) atoms. The average molecular weight is 297 g/mol. The molecule has 0 saturated carbocycles. The number of aryl methyl sites for hydroxylation is 1. The summed E-state index contributed by atoms with van der Waals surface area (Å²) in [5, 5.41) is 0.919. The van der Waals surface area contributed by atoms with Gasteiger partial charge in [0.15, 0.2) is 0 Å². The summed E-state index contributed by atoms with van der Waals surface area (Å²) in [6.07, 6.45) is 2.00. The van der Waals surface area contributed by atoms with E-state index in [-0.39, 0.29) is 11.9 Å². The van der Waals surface area contributed by atoms with Gasteiger partial charge >= 0.3 is 0 Å². The van der Waals surface area contributed by atoms with E-state index >= 15 is 0 Å². The smallest absolute Gasteiger partial charge is 0.147 e. The van der Waals surface area contributed by atoms with Crippen molar-refractivity contribution in [3.63, 3.8) is 0 Å². The second-order valence-corrected chi connectivity index (χ2v) is 5.85. The zero-order valence-electron chi connectivity index (χ0n) is 13.1. The van der Waals surface area contributed by atoms with Gasteiger partial charge in [0.05, 0.1) is 5.52 Å². The molecule has 0 radical (unpaired) electrons. The van der Waals surface area contributed by atoms with Crippen molar-refractivity contribution in [1.29, 1.82) is 0 Å². The summed E-state index contributed by atoms with van der Waals surface area (Å²) < 4.78 is 22.1. The number of hydrogen-bond donors (Lipinski definition) is 0. The van der Waals surface area contributed by atoms with Gasteiger partial charge in [-0.1, -0.05) is 30.3 Å². The van der Waals surface area contributed by atoms with E-state index in [0.717, 1.165) is 22.3 Å². The molecule has 2 nitrogen and oxygen atoms in total. The molecular formula is C19H20FNO. The Morgan fingerprint density at radius 2 is 1.86 bits per heavy atom. The van der Waals surface area contributed by atoms with Gasteiger partial charge in [-0.25, -0.2) is 4.39 Å². The molecule has 0 atom stereocenters. The van der Waals surface area contributed by atoms with Crippen LogP contribution in [0.15, 0.2) is 48.7 Å². The van der Waals surface area contributed by atoms with E-state index in [2.05, 4.69) is 13.8 Å². The Kier molecular flexibility index (Phi) is 3.88.